The molecule has 7 nitrogen and oxygen atoms in total. The van der Waals surface area contributed by atoms with Crippen LogP contribution in [0.1, 0.15) is 11.6 Å². The highest BCUT2D eigenvalue weighted by Crippen LogP contribution is 2.24. The monoisotopic (exact) mass is 347 g/mol. The number of hydrogen-bond acceptors (Lipinski definition) is 5. The average molecular weight is 347 g/mol. The van der Waals surface area contributed by atoms with Gasteiger partial charge in [-0.25, -0.2) is 4.68 Å². The number of benzene rings is 2. The van der Waals surface area contributed by atoms with Gasteiger partial charge in [0, 0.05) is 11.1 Å². The molecular formula is C19H17N5O2. The van der Waals surface area contributed by atoms with Crippen LogP contribution in [0.4, 0.5) is 0 Å². The van der Waals surface area contributed by atoms with Crippen LogP contribution in [0.2, 0.25) is 0 Å². The molecule has 130 valence electrons. The Bertz CT molecular complexity index is 930. The zero-order chi connectivity index (χ0) is 18.4. The van der Waals surface area contributed by atoms with Crippen LogP contribution in [0.3, 0.4) is 0 Å². The molecule has 0 spiro atoms. The maximum atomic E-state index is 12.3. The first kappa shape index (κ1) is 17.2. The molecule has 0 radical (unpaired) electrons. The number of aromatic nitrogens is 3. The van der Waals surface area contributed by atoms with E-state index in [2.05, 4.69) is 21.7 Å². The van der Waals surface area contributed by atoms with E-state index in [1.165, 1.54) is 11.8 Å². The van der Waals surface area contributed by atoms with Gasteiger partial charge < -0.3 is 10.1 Å². The highest BCUT2D eigenvalue weighted by molar-refractivity contribution is 5.77. The third-order valence-corrected chi connectivity index (χ3v) is 3.80. The molecule has 1 amide bonds. The van der Waals surface area contributed by atoms with Gasteiger partial charge in [0.25, 0.3) is 0 Å². The Balaban J connectivity index is 1.69. The van der Waals surface area contributed by atoms with Gasteiger partial charge in [0.2, 0.25) is 5.91 Å². The Morgan fingerprint density at radius 3 is 2.69 bits per heavy atom. The lowest BCUT2D eigenvalue weighted by Crippen LogP contribution is -2.31. The molecule has 1 aromatic heterocycles. The van der Waals surface area contributed by atoms with Crippen molar-refractivity contribution in [3.63, 3.8) is 0 Å². The SMILES string of the molecule is COc1ccccc1[C@@H](C#N)NC(=O)Cn1cc(-c2ccccc2)nn1. The van der Waals surface area contributed by atoms with E-state index >= 15 is 0 Å². The van der Waals surface area contributed by atoms with E-state index in [0.29, 0.717) is 17.0 Å². The second kappa shape index (κ2) is 7.94. The topological polar surface area (TPSA) is 92.8 Å². The summed E-state index contributed by atoms with van der Waals surface area (Å²) < 4.78 is 6.69. The molecule has 0 aliphatic heterocycles. The molecule has 1 N–H and O–H groups in total. The molecule has 0 aliphatic rings. The fourth-order valence-electron chi connectivity index (χ4n) is 2.56. The normalized spacial score (nSPS) is 11.4. The van der Waals surface area contributed by atoms with E-state index in [1.54, 1.807) is 30.5 Å². The number of methoxy groups -OCH3 is 1. The van der Waals surface area contributed by atoms with Crippen LogP contribution < -0.4 is 10.1 Å². The third kappa shape index (κ3) is 3.87. The second-order valence-corrected chi connectivity index (χ2v) is 5.54. The van der Waals surface area contributed by atoms with Gasteiger partial charge in [-0.2, -0.15) is 5.26 Å². The first-order chi connectivity index (χ1) is 12.7. The van der Waals surface area contributed by atoms with Crippen LogP contribution in [0.25, 0.3) is 11.3 Å². The summed E-state index contributed by atoms with van der Waals surface area (Å²) >= 11 is 0. The van der Waals surface area contributed by atoms with Gasteiger partial charge in [-0.3, -0.25) is 4.79 Å². The van der Waals surface area contributed by atoms with Gasteiger partial charge in [0.05, 0.1) is 19.4 Å². The summed E-state index contributed by atoms with van der Waals surface area (Å²) in [5, 5.41) is 20.1. The van der Waals surface area contributed by atoms with Crippen molar-refractivity contribution in [2.24, 2.45) is 0 Å². The maximum Gasteiger partial charge on any atom is 0.243 e. The van der Waals surface area contributed by atoms with Crippen molar-refractivity contribution in [2.75, 3.05) is 7.11 Å². The Hall–Kier alpha value is -3.66. The van der Waals surface area contributed by atoms with Crippen molar-refractivity contribution in [3.8, 4) is 23.1 Å². The summed E-state index contributed by atoms with van der Waals surface area (Å²) in [6, 6.07) is 17.9. The van der Waals surface area contributed by atoms with Crippen LogP contribution in [0.15, 0.2) is 60.8 Å². The van der Waals surface area contributed by atoms with Gasteiger partial charge in [-0.15, -0.1) is 5.10 Å². The Morgan fingerprint density at radius 2 is 1.96 bits per heavy atom. The van der Waals surface area contributed by atoms with Gasteiger partial charge in [0.15, 0.2) is 0 Å². The van der Waals surface area contributed by atoms with Crippen molar-refractivity contribution in [1.29, 1.82) is 5.26 Å². The van der Waals surface area contributed by atoms with Crippen LogP contribution in [-0.4, -0.2) is 28.0 Å². The number of para-hydroxylation sites is 1. The van der Waals surface area contributed by atoms with E-state index in [0.717, 1.165) is 5.56 Å². The molecule has 1 atom stereocenters. The maximum absolute atomic E-state index is 12.3. The Kier molecular flexibility index (Phi) is 5.25. The van der Waals surface area contributed by atoms with E-state index in [4.69, 9.17) is 4.74 Å². The van der Waals surface area contributed by atoms with Crippen LogP contribution in [0.5, 0.6) is 5.75 Å². The number of nitrogens with zero attached hydrogens (tertiary/aromatic N) is 4. The molecule has 0 aliphatic carbocycles. The minimum absolute atomic E-state index is 0.0346. The summed E-state index contributed by atoms with van der Waals surface area (Å²) in [4.78, 5) is 12.3. The fourth-order valence-corrected chi connectivity index (χ4v) is 2.56. The molecule has 3 aromatic rings. The van der Waals surface area contributed by atoms with Gasteiger partial charge in [-0.05, 0) is 6.07 Å². The molecule has 0 saturated heterocycles. The van der Waals surface area contributed by atoms with Crippen molar-refractivity contribution in [2.45, 2.75) is 12.6 Å². The summed E-state index contributed by atoms with van der Waals surface area (Å²) in [5.41, 5.74) is 2.21. The zero-order valence-corrected chi connectivity index (χ0v) is 14.2. The number of carbonyl (C=O) groups excluding carboxylic acids is 1. The summed E-state index contributed by atoms with van der Waals surface area (Å²) in [6.45, 7) is -0.0346. The molecule has 26 heavy (non-hydrogen) atoms. The number of nitrogens with one attached hydrogen (secondary N) is 1. The van der Waals surface area contributed by atoms with Crippen molar-refractivity contribution in [1.82, 2.24) is 20.3 Å². The Labute approximate surface area is 150 Å². The highest BCUT2D eigenvalue weighted by atomic mass is 16.5. The van der Waals surface area contributed by atoms with Crippen molar-refractivity contribution >= 4 is 5.91 Å². The molecule has 0 fully saturated rings. The average Bonchev–Trinajstić information content (AvgIpc) is 3.15. The number of amides is 1. The minimum Gasteiger partial charge on any atom is -0.496 e. The molecule has 3 rings (SSSR count). The van der Waals surface area contributed by atoms with E-state index < -0.39 is 6.04 Å². The smallest absolute Gasteiger partial charge is 0.243 e. The van der Waals surface area contributed by atoms with Crippen LogP contribution in [0, 0.1) is 11.3 Å². The fraction of sp³-hybridized carbons (Fsp3) is 0.158. The van der Waals surface area contributed by atoms with Crippen molar-refractivity contribution in [3.05, 3.63) is 66.4 Å². The summed E-state index contributed by atoms with van der Waals surface area (Å²) in [5.74, 6) is 0.207. The minimum atomic E-state index is -0.809. The zero-order valence-electron chi connectivity index (χ0n) is 14.2. The summed E-state index contributed by atoms with van der Waals surface area (Å²) in [6.07, 6.45) is 1.69. The molecule has 7 heteroatoms. The molecule has 0 saturated carbocycles. The standard InChI is InChI=1S/C19H17N5O2/c1-26-18-10-6-5-9-15(18)16(11-20)21-19(25)13-24-12-17(22-23-24)14-7-3-2-4-8-14/h2-10,12,16H,13H2,1H3,(H,21,25)/t16-/m1/s1. The number of ether oxygens (including phenoxy) is 1. The predicted molar refractivity (Wildman–Crippen MR) is 94.9 cm³/mol. The van der Waals surface area contributed by atoms with Gasteiger partial charge in [-0.1, -0.05) is 53.7 Å². The number of carbonyl (C=O) groups is 1. The van der Waals surface area contributed by atoms with Crippen LogP contribution in [-0.2, 0) is 11.3 Å². The first-order valence-corrected chi connectivity index (χ1v) is 7.98. The highest BCUT2D eigenvalue weighted by Gasteiger charge is 2.18. The van der Waals surface area contributed by atoms with E-state index in [9.17, 15) is 10.1 Å². The van der Waals surface area contributed by atoms with E-state index in [-0.39, 0.29) is 12.5 Å². The molecule has 2 aromatic carbocycles. The largest absolute Gasteiger partial charge is 0.496 e. The van der Waals surface area contributed by atoms with Gasteiger partial charge >= 0.3 is 0 Å². The number of rotatable bonds is 6. The molecule has 0 unspecified atom stereocenters. The lowest BCUT2D eigenvalue weighted by atomic mass is 10.1. The Morgan fingerprint density at radius 1 is 1.23 bits per heavy atom. The third-order valence-electron chi connectivity index (χ3n) is 3.80. The number of hydrogen-bond donors (Lipinski definition) is 1. The second-order valence-electron chi connectivity index (χ2n) is 5.54. The lowest BCUT2D eigenvalue weighted by molar-refractivity contribution is -0.122. The van der Waals surface area contributed by atoms with Crippen molar-refractivity contribution < 1.29 is 9.53 Å². The van der Waals surface area contributed by atoms with Crippen LogP contribution >= 0.6 is 0 Å². The quantitative estimate of drug-likeness (QED) is 0.739. The summed E-state index contributed by atoms with van der Waals surface area (Å²) in [7, 11) is 1.52. The molecular weight excluding hydrogens is 330 g/mol. The van der Waals surface area contributed by atoms with Gasteiger partial charge in [0.1, 0.15) is 24.0 Å². The first-order valence-electron chi connectivity index (χ1n) is 7.98. The molecule has 1 heterocycles. The van der Waals surface area contributed by atoms with E-state index in [1.807, 2.05) is 30.3 Å². The predicted octanol–water partition coefficient (Wildman–Crippen LogP) is 2.33. The number of nitriles is 1. The lowest BCUT2D eigenvalue weighted by Gasteiger charge is -2.15. The molecule has 0 bridgehead atoms.